The number of hydrogen-bond donors (Lipinski definition) is 3. The van der Waals surface area contributed by atoms with Gasteiger partial charge in [-0.3, -0.25) is 23.4 Å². The van der Waals surface area contributed by atoms with E-state index in [1.807, 2.05) is 0 Å². The summed E-state index contributed by atoms with van der Waals surface area (Å²) in [4.78, 5) is 45.6. The molecule has 11 nitrogen and oxygen atoms in total. The molecule has 12 heteroatoms. The Morgan fingerprint density at radius 1 is 0.577 bits per heavy atom. The van der Waals surface area contributed by atoms with Gasteiger partial charge >= 0.3 is 25.7 Å². The molecule has 0 aromatic heterocycles. The van der Waals surface area contributed by atoms with E-state index >= 15 is 0 Å². The number of carboxylic acids is 1. The molecule has 0 saturated heterocycles. The van der Waals surface area contributed by atoms with Crippen molar-refractivity contribution >= 4 is 25.7 Å². The zero-order valence-electron chi connectivity index (χ0n) is 32.9. The average Bonchev–Trinajstić information content (AvgIpc) is 3.12. The minimum absolute atomic E-state index is 0.163. The molecule has 0 aliphatic heterocycles. The van der Waals surface area contributed by atoms with E-state index in [9.17, 15) is 23.8 Å². The van der Waals surface area contributed by atoms with Gasteiger partial charge in [0.25, 0.3) is 0 Å². The summed E-state index contributed by atoms with van der Waals surface area (Å²) in [5.41, 5.74) is 5.31. The van der Waals surface area contributed by atoms with Crippen molar-refractivity contribution in [1.29, 1.82) is 0 Å². The molecule has 0 heterocycles. The molecule has 0 amide bonds. The molecule has 0 aromatic carbocycles. The van der Waals surface area contributed by atoms with Crippen LogP contribution in [0.4, 0.5) is 0 Å². The third-order valence-electron chi connectivity index (χ3n) is 9.01. The molecule has 0 radical (unpaired) electrons. The van der Waals surface area contributed by atoms with Crippen LogP contribution >= 0.6 is 7.82 Å². The lowest BCUT2D eigenvalue weighted by Crippen LogP contribution is -2.34. The summed E-state index contributed by atoms with van der Waals surface area (Å²) in [6.07, 6.45) is 34.6. The highest BCUT2D eigenvalue weighted by Crippen LogP contribution is 2.43. The quantitative estimate of drug-likeness (QED) is 0.0235. The number of nitrogens with two attached hydrogens (primary N) is 1. The van der Waals surface area contributed by atoms with E-state index in [1.165, 1.54) is 109 Å². The van der Waals surface area contributed by atoms with Crippen molar-refractivity contribution in [2.75, 3.05) is 19.8 Å². The predicted molar refractivity (Wildman–Crippen MR) is 208 cm³/mol. The van der Waals surface area contributed by atoms with Crippen LogP contribution in [0.25, 0.3) is 0 Å². The largest absolute Gasteiger partial charge is 0.480 e. The number of rotatable bonds is 39. The van der Waals surface area contributed by atoms with E-state index in [0.29, 0.717) is 12.8 Å². The minimum Gasteiger partial charge on any atom is -0.480 e. The number of carbonyl (C=O) groups excluding carboxylic acids is 2. The van der Waals surface area contributed by atoms with Gasteiger partial charge in [-0.15, -0.1) is 0 Å². The van der Waals surface area contributed by atoms with Crippen molar-refractivity contribution in [2.45, 2.75) is 206 Å². The molecule has 0 bridgehead atoms. The maximum atomic E-state index is 12.5. The Morgan fingerprint density at radius 3 is 1.40 bits per heavy atom. The number of aliphatic carboxylic acids is 1. The number of phosphoric acid groups is 1. The van der Waals surface area contributed by atoms with Gasteiger partial charge in [-0.05, 0) is 38.5 Å². The number of unbranched alkanes of at least 4 members (excludes halogenated alkanes) is 23. The maximum Gasteiger partial charge on any atom is 0.472 e. The Hall–Kier alpha value is -1.78. The van der Waals surface area contributed by atoms with E-state index in [4.69, 9.17) is 24.8 Å². The van der Waals surface area contributed by atoms with E-state index in [0.717, 1.165) is 44.9 Å². The molecule has 1 unspecified atom stereocenters. The summed E-state index contributed by atoms with van der Waals surface area (Å²) in [5, 5.41) is 8.85. The van der Waals surface area contributed by atoms with E-state index in [-0.39, 0.29) is 19.4 Å². The smallest absolute Gasteiger partial charge is 0.472 e. The van der Waals surface area contributed by atoms with Crippen LogP contribution in [0.3, 0.4) is 0 Å². The van der Waals surface area contributed by atoms with Crippen LogP contribution in [0.1, 0.15) is 194 Å². The number of ether oxygens (including phenoxy) is 2. The number of esters is 2. The van der Waals surface area contributed by atoms with E-state index in [2.05, 4.69) is 30.5 Å². The summed E-state index contributed by atoms with van der Waals surface area (Å²) < 4.78 is 32.5. The lowest BCUT2D eigenvalue weighted by Gasteiger charge is -2.20. The number of hydrogen-bond acceptors (Lipinski definition) is 9. The lowest BCUT2D eigenvalue weighted by molar-refractivity contribution is -0.161. The molecule has 0 aromatic rings. The molecule has 4 N–H and O–H groups in total. The van der Waals surface area contributed by atoms with Gasteiger partial charge in [0.05, 0.1) is 13.2 Å². The van der Waals surface area contributed by atoms with Crippen LogP contribution in [0.5, 0.6) is 0 Å². The van der Waals surface area contributed by atoms with Gasteiger partial charge in [0.2, 0.25) is 0 Å². The molecule has 0 aliphatic carbocycles. The number of phosphoric ester groups is 1. The van der Waals surface area contributed by atoms with Crippen LogP contribution in [0.15, 0.2) is 12.2 Å². The molecule has 306 valence electrons. The second-order valence-electron chi connectivity index (χ2n) is 14.1. The monoisotopic (exact) mass is 762 g/mol. The highest BCUT2D eigenvalue weighted by atomic mass is 31.2. The number of carbonyl (C=O) groups is 3. The highest BCUT2D eigenvalue weighted by Gasteiger charge is 2.28. The first kappa shape index (κ1) is 50.2. The summed E-state index contributed by atoms with van der Waals surface area (Å²) in [6.45, 7) is 2.74. The van der Waals surface area contributed by atoms with Gasteiger partial charge in [0, 0.05) is 12.8 Å². The first-order valence-corrected chi connectivity index (χ1v) is 22.2. The average molecular weight is 762 g/mol. The first-order chi connectivity index (χ1) is 25.1. The van der Waals surface area contributed by atoms with E-state index in [1.54, 1.807) is 0 Å². The summed E-state index contributed by atoms with van der Waals surface area (Å²) in [7, 11) is -4.70. The normalized spacial score (nSPS) is 13.9. The van der Waals surface area contributed by atoms with Crippen molar-refractivity contribution in [3.63, 3.8) is 0 Å². The SMILES string of the molecule is CCCCCCCC/C=C/CCCCCCCCCCCCCC(=O)OC[C@@H](COP(=O)(O)OC[C@H](N)C(=O)O)OC(=O)CCCCCCCCC. The van der Waals surface area contributed by atoms with Crippen molar-refractivity contribution in [2.24, 2.45) is 5.73 Å². The molecular weight excluding hydrogens is 685 g/mol. The van der Waals surface area contributed by atoms with Crippen molar-refractivity contribution in [3.05, 3.63) is 12.2 Å². The van der Waals surface area contributed by atoms with Gasteiger partial charge in [-0.1, -0.05) is 154 Å². The fourth-order valence-electron chi connectivity index (χ4n) is 5.71. The summed E-state index contributed by atoms with van der Waals surface area (Å²) in [5.74, 6) is -2.38. The Labute approximate surface area is 316 Å². The number of carboxylic acid groups (broad SMARTS) is 1. The van der Waals surface area contributed by atoms with Gasteiger partial charge in [0.15, 0.2) is 6.10 Å². The van der Waals surface area contributed by atoms with Crippen LogP contribution in [-0.4, -0.2) is 59.9 Å². The summed E-state index contributed by atoms with van der Waals surface area (Å²) >= 11 is 0. The van der Waals surface area contributed by atoms with Gasteiger partial charge in [-0.2, -0.15) is 0 Å². The number of allylic oxidation sites excluding steroid dienone is 2. The van der Waals surface area contributed by atoms with Crippen LogP contribution < -0.4 is 5.73 Å². The lowest BCUT2D eigenvalue weighted by atomic mass is 10.0. The fourth-order valence-corrected chi connectivity index (χ4v) is 6.48. The molecule has 0 rings (SSSR count). The Balaban J connectivity index is 4.15. The van der Waals surface area contributed by atoms with Gasteiger partial charge < -0.3 is 25.2 Å². The predicted octanol–water partition coefficient (Wildman–Crippen LogP) is 10.5. The third kappa shape index (κ3) is 35.3. The molecule has 0 spiro atoms. The molecule has 0 aliphatic rings. The molecule has 52 heavy (non-hydrogen) atoms. The Bertz CT molecular complexity index is 947. The molecule has 3 atom stereocenters. The highest BCUT2D eigenvalue weighted by molar-refractivity contribution is 7.47. The standard InChI is InChI=1S/C40H76NO10P/c1-3-5-7-9-11-12-13-14-15-16-17-18-19-20-21-22-23-24-26-27-29-31-38(42)48-33-36(34-49-52(46,47)50-35-37(41)40(44)45)51-39(43)32-30-28-25-10-8-6-4-2/h14-15,36-37H,3-13,16-35,41H2,1-2H3,(H,44,45)(H,46,47)/b15-14+/t36-,37-/m0/s1. The third-order valence-corrected chi connectivity index (χ3v) is 9.96. The van der Waals surface area contributed by atoms with Crippen LogP contribution in [0.2, 0.25) is 0 Å². The Morgan fingerprint density at radius 2 is 0.962 bits per heavy atom. The molecule has 0 saturated carbocycles. The van der Waals surface area contributed by atoms with Crippen LogP contribution in [-0.2, 0) is 37.5 Å². The Kier molecular flexibility index (Phi) is 35.0. The van der Waals surface area contributed by atoms with Crippen LogP contribution in [0, 0.1) is 0 Å². The van der Waals surface area contributed by atoms with E-state index < -0.39 is 51.1 Å². The zero-order valence-corrected chi connectivity index (χ0v) is 33.8. The molecule has 0 fully saturated rings. The summed E-state index contributed by atoms with van der Waals surface area (Å²) in [6, 6.07) is -1.52. The second kappa shape index (κ2) is 36.2. The molecular formula is C40H76NO10P. The topological polar surface area (TPSA) is 172 Å². The minimum atomic E-state index is -4.70. The van der Waals surface area contributed by atoms with Gasteiger partial charge in [-0.25, -0.2) is 4.57 Å². The maximum absolute atomic E-state index is 12.5. The van der Waals surface area contributed by atoms with Crippen molar-refractivity contribution < 1.29 is 47.5 Å². The van der Waals surface area contributed by atoms with Crippen molar-refractivity contribution in [3.8, 4) is 0 Å². The fraction of sp³-hybridized carbons (Fsp3) is 0.875. The van der Waals surface area contributed by atoms with Crippen molar-refractivity contribution in [1.82, 2.24) is 0 Å². The first-order valence-electron chi connectivity index (χ1n) is 20.7. The second-order valence-corrected chi connectivity index (χ2v) is 15.6. The zero-order chi connectivity index (χ0) is 38.5. The van der Waals surface area contributed by atoms with Gasteiger partial charge in [0.1, 0.15) is 12.6 Å².